The summed E-state index contributed by atoms with van der Waals surface area (Å²) >= 11 is 0. The molecule has 14 heavy (non-hydrogen) atoms. The molecule has 2 rings (SSSR count). The maximum absolute atomic E-state index is 4.04. The van der Waals surface area contributed by atoms with E-state index in [9.17, 15) is 0 Å². The number of para-hydroxylation sites is 1. The van der Waals surface area contributed by atoms with E-state index >= 15 is 0 Å². The van der Waals surface area contributed by atoms with Gasteiger partial charge < -0.3 is 10.6 Å². The fraction of sp³-hybridized carbons (Fsp3) is 0.364. The molecule has 0 saturated carbocycles. The van der Waals surface area contributed by atoms with Crippen LogP contribution in [0.4, 0.5) is 5.69 Å². The van der Waals surface area contributed by atoms with E-state index in [2.05, 4.69) is 27.8 Å². The van der Waals surface area contributed by atoms with Crippen LogP contribution in [0.2, 0.25) is 0 Å². The average Bonchev–Trinajstić information content (AvgIpc) is 2.31. The highest BCUT2D eigenvalue weighted by molar-refractivity contribution is 5.95. The van der Waals surface area contributed by atoms with Crippen molar-refractivity contribution in [2.45, 2.75) is 20.4 Å². The first-order chi connectivity index (χ1) is 6.90. The molecule has 1 aromatic rings. The molecule has 76 valence electrons. The molecule has 0 aromatic heterocycles. The highest BCUT2D eigenvalue weighted by Gasteiger charge is 2.09. The van der Waals surface area contributed by atoms with Gasteiger partial charge in [-0.1, -0.05) is 32.0 Å². The number of guanidine groups is 1. The topological polar surface area (TPSA) is 36.4 Å². The minimum atomic E-state index is 0.841. The molecule has 0 amide bonds. The monoisotopic (exact) mass is 191 g/mol. The number of rotatable bonds is 0. The lowest BCUT2D eigenvalue weighted by molar-refractivity contribution is 0.889. The van der Waals surface area contributed by atoms with E-state index in [0.29, 0.717) is 0 Å². The molecule has 1 aromatic carbocycles. The minimum Gasteiger partial charge on any atom is -0.352 e. The second-order valence-corrected chi connectivity index (χ2v) is 2.71. The summed E-state index contributed by atoms with van der Waals surface area (Å²) in [5, 5.41) is 6.35. The van der Waals surface area contributed by atoms with Crippen LogP contribution >= 0.6 is 0 Å². The van der Waals surface area contributed by atoms with Crippen molar-refractivity contribution in [2.75, 3.05) is 12.4 Å². The second-order valence-electron chi connectivity index (χ2n) is 2.71. The molecular weight excluding hydrogens is 174 g/mol. The fourth-order valence-electron chi connectivity index (χ4n) is 1.28. The van der Waals surface area contributed by atoms with E-state index in [4.69, 9.17) is 0 Å². The van der Waals surface area contributed by atoms with E-state index in [1.807, 2.05) is 26.0 Å². The molecule has 0 saturated heterocycles. The lowest BCUT2D eigenvalue weighted by atomic mass is 10.1. The predicted octanol–water partition coefficient (Wildman–Crippen LogP) is 2.21. The lowest BCUT2D eigenvalue weighted by Gasteiger charge is -2.20. The zero-order valence-corrected chi connectivity index (χ0v) is 8.96. The number of fused-ring (bicyclic) bond motifs is 1. The SMILES string of the molecule is CC.CN=C1NCc2ccccc2N1. The van der Waals surface area contributed by atoms with E-state index in [1.165, 1.54) is 5.56 Å². The minimum absolute atomic E-state index is 0.841. The van der Waals surface area contributed by atoms with Crippen LogP contribution in [0.3, 0.4) is 0 Å². The first-order valence-corrected chi connectivity index (χ1v) is 4.96. The molecule has 1 aliphatic rings. The van der Waals surface area contributed by atoms with Gasteiger partial charge in [-0.25, -0.2) is 0 Å². The van der Waals surface area contributed by atoms with Gasteiger partial charge in [0.25, 0.3) is 0 Å². The Morgan fingerprint density at radius 1 is 1.21 bits per heavy atom. The van der Waals surface area contributed by atoms with Crippen molar-refractivity contribution in [2.24, 2.45) is 4.99 Å². The summed E-state index contributed by atoms with van der Waals surface area (Å²) < 4.78 is 0. The summed E-state index contributed by atoms with van der Waals surface area (Å²) in [6.45, 7) is 4.86. The quantitative estimate of drug-likeness (QED) is 0.659. The van der Waals surface area contributed by atoms with Crippen LogP contribution in [0.5, 0.6) is 0 Å². The van der Waals surface area contributed by atoms with Crippen molar-refractivity contribution in [1.29, 1.82) is 0 Å². The molecule has 0 aliphatic carbocycles. The molecule has 2 N–H and O–H groups in total. The Kier molecular flexibility index (Phi) is 3.98. The first-order valence-electron chi connectivity index (χ1n) is 4.96. The maximum atomic E-state index is 4.04. The van der Waals surface area contributed by atoms with E-state index in [0.717, 1.165) is 18.2 Å². The number of aliphatic imine (C=N–C) groups is 1. The lowest BCUT2D eigenvalue weighted by Crippen LogP contribution is -2.34. The van der Waals surface area contributed by atoms with Gasteiger partial charge in [-0.2, -0.15) is 0 Å². The van der Waals surface area contributed by atoms with Crippen molar-refractivity contribution in [3.8, 4) is 0 Å². The van der Waals surface area contributed by atoms with Gasteiger partial charge >= 0.3 is 0 Å². The zero-order valence-electron chi connectivity index (χ0n) is 8.96. The van der Waals surface area contributed by atoms with Crippen LogP contribution in [-0.4, -0.2) is 13.0 Å². The van der Waals surface area contributed by atoms with E-state index < -0.39 is 0 Å². The van der Waals surface area contributed by atoms with Crippen LogP contribution in [0.25, 0.3) is 0 Å². The largest absolute Gasteiger partial charge is 0.352 e. The Bertz CT molecular complexity index is 318. The molecule has 1 aliphatic heterocycles. The van der Waals surface area contributed by atoms with Crippen LogP contribution in [0.15, 0.2) is 29.3 Å². The smallest absolute Gasteiger partial charge is 0.195 e. The Morgan fingerprint density at radius 2 is 1.93 bits per heavy atom. The summed E-state index contributed by atoms with van der Waals surface area (Å²) in [4.78, 5) is 4.04. The standard InChI is InChI=1S/C9H11N3.C2H6/c1-10-9-11-6-7-4-2-3-5-8(7)12-9;1-2/h2-5H,6H2,1H3,(H2,10,11,12);1-2H3. The summed E-state index contributed by atoms with van der Waals surface area (Å²) in [7, 11) is 1.77. The highest BCUT2D eigenvalue weighted by atomic mass is 15.2. The summed E-state index contributed by atoms with van der Waals surface area (Å²) in [6.07, 6.45) is 0. The molecule has 1 heterocycles. The van der Waals surface area contributed by atoms with Crippen LogP contribution in [0.1, 0.15) is 19.4 Å². The average molecular weight is 191 g/mol. The third-order valence-electron chi connectivity index (χ3n) is 1.94. The van der Waals surface area contributed by atoms with Crippen LogP contribution in [-0.2, 0) is 6.54 Å². The normalized spacial score (nSPS) is 15.8. The Morgan fingerprint density at radius 3 is 2.64 bits per heavy atom. The molecule has 3 nitrogen and oxygen atoms in total. The fourth-order valence-corrected chi connectivity index (χ4v) is 1.28. The molecule has 0 atom stereocenters. The number of benzene rings is 1. The van der Waals surface area contributed by atoms with Gasteiger partial charge in [-0.05, 0) is 11.6 Å². The second kappa shape index (κ2) is 5.27. The molecule has 0 bridgehead atoms. The predicted molar refractivity (Wildman–Crippen MR) is 61.6 cm³/mol. The molecular formula is C11H17N3. The number of hydrogen-bond donors (Lipinski definition) is 2. The third kappa shape index (κ3) is 2.25. The molecule has 3 heteroatoms. The van der Waals surface area contributed by atoms with Crippen LogP contribution in [0, 0.1) is 0 Å². The van der Waals surface area contributed by atoms with Gasteiger partial charge in [0.2, 0.25) is 0 Å². The van der Waals surface area contributed by atoms with Crippen LogP contribution < -0.4 is 10.6 Å². The Balaban J connectivity index is 0.000000461. The zero-order chi connectivity index (χ0) is 10.4. The van der Waals surface area contributed by atoms with Gasteiger partial charge in [0.1, 0.15) is 0 Å². The number of anilines is 1. The van der Waals surface area contributed by atoms with Gasteiger partial charge in [0.05, 0.1) is 0 Å². The molecule has 0 fully saturated rings. The molecule has 0 unspecified atom stereocenters. The van der Waals surface area contributed by atoms with Crippen molar-refractivity contribution in [1.82, 2.24) is 5.32 Å². The van der Waals surface area contributed by atoms with Crippen molar-refractivity contribution >= 4 is 11.6 Å². The van der Waals surface area contributed by atoms with Crippen molar-refractivity contribution in [3.05, 3.63) is 29.8 Å². The summed E-state index contributed by atoms with van der Waals surface area (Å²) in [5.74, 6) is 0.841. The molecule has 0 spiro atoms. The Hall–Kier alpha value is -1.51. The highest BCUT2D eigenvalue weighted by Crippen LogP contribution is 2.17. The van der Waals surface area contributed by atoms with Gasteiger partial charge in [0, 0.05) is 19.3 Å². The van der Waals surface area contributed by atoms with Gasteiger partial charge in [-0.3, -0.25) is 4.99 Å². The van der Waals surface area contributed by atoms with Gasteiger partial charge in [0.15, 0.2) is 5.96 Å². The maximum Gasteiger partial charge on any atom is 0.195 e. The third-order valence-corrected chi connectivity index (χ3v) is 1.94. The number of nitrogens with zero attached hydrogens (tertiary/aromatic N) is 1. The number of hydrogen-bond acceptors (Lipinski definition) is 1. The molecule has 0 radical (unpaired) electrons. The Labute approximate surface area is 85.3 Å². The first kappa shape index (κ1) is 10.6. The van der Waals surface area contributed by atoms with Gasteiger partial charge in [-0.15, -0.1) is 0 Å². The van der Waals surface area contributed by atoms with Crippen molar-refractivity contribution < 1.29 is 0 Å². The summed E-state index contributed by atoms with van der Waals surface area (Å²) in [5.41, 5.74) is 2.43. The number of nitrogens with one attached hydrogen (secondary N) is 2. The van der Waals surface area contributed by atoms with E-state index in [-0.39, 0.29) is 0 Å². The van der Waals surface area contributed by atoms with E-state index in [1.54, 1.807) is 7.05 Å². The summed E-state index contributed by atoms with van der Waals surface area (Å²) in [6, 6.07) is 8.21. The van der Waals surface area contributed by atoms with Crippen molar-refractivity contribution in [3.63, 3.8) is 0 Å².